The molecule has 1 aromatic heterocycles. The molecule has 5 nitrogen and oxygen atoms in total. The van der Waals surface area contributed by atoms with Crippen molar-refractivity contribution in [3.63, 3.8) is 0 Å². The largest absolute Gasteiger partial charge is 0.452 e. The van der Waals surface area contributed by atoms with E-state index >= 15 is 0 Å². The van der Waals surface area contributed by atoms with Gasteiger partial charge in [0.15, 0.2) is 11.8 Å². The summed E-state index contributed by atoms with van der Waals surface area (Å²) in [6.45, 7) is -0.478. The molecule has 0 radical (unpaired) electrons. The molecule has 1 amide bonds. The van der Waals surface area contributed by atoms with Crippen LogP contribution in [0, 0.1) is 0 Å². The molecule has 0 bridgehead atoms. The minimum absolute atomic E-state index is 0.142. The zero-order chi connectivity index (χ0) is 16.1. The van der Waals surface area contributed by atoms with E-state index in [9.17, 15) is 9.59 Å². The quantitative estimate of drug-likeness (QED) is 0.665. The number of hydrogen-bond acceptors (Lipinski definition) is 4. The van der Waals surface area contributed by atoms with E-state index in [1.54, 1.807) is 12.1 Å². The smallest absolute Gasteiger partial charge is 0.338 e. The van der Waals surface area contributed by atoms with Crippen LogP contribution in [-0.2, 0) is 9.53 Å². The number of amides is 1. The maximum atomic E-state index is 11.8. The molecule has 8 heteroatoms. The van der Waals surface area contributed by atoms with Crippen LogP contribution in [0.2, 0.25) is 15.2 Å². The summed E-state index contributed by atoms with van der Waals surface area (Å²) in [7, 11) is 0. The third kappa shape index (κ3) is 4.59. The second-order valence-corrected chi connectivity index (χ2v) is 5.36. The van der Waals surface area contributed by atoms with Crippen molar-refractivity contribution in [2.45, 2.75) is 0 Å². The van der Waals surface area contributed by atoms with Gasteiger partial charge in [0.2, 0.25) is 0 Å². The Morgan fingerprint density at radius 3 is 2.45 bits per heavy atom. The number of aromatic nitrogens is 1. The van der Waals surface area contributed by atoms with Gasteiger partial charge in [-0.25, -0.2) is 9.78 Å². The van der Waals surface area contributed by atoms with E-state index in [2.05, 4.69) is 10.3 Å². The van der Waals surface area contributed by atoms with Gasteiger partial charge in [-0.15, -0.1) is 0 Å². The van der Waals surface area contributed by atoms with Crippen molar-refractivity contribution in [1.29, 1.82) is 0 Å². The number of pyridine rings is 1. The van der Waals surface area contributed by atoms with E-state index in [4.69, 9.17) is 39.5 Å². The van der Waals surface area contributed by atoms with Crippen molar-refractivity contribution in [2.24, 2.45) is 0 Å². The molecule has 114 valence electrons. The first-order valence-electron chi connectivity index (χ1n) is 5.99. The highest BCUT2D eigenvalue weighted by molar-refractivity contribution is 6.35. The van der Waals surface area contributed by atoms with Crippen molar-refractivity contribution >= 4 is 52.4 Å². The molecule has 0 aliphatic heterocycles. The van der Waals surface area contributed by atoms with Gasteiger partial charge in [-0.1, -0.05) is 34.8 Å². The molecule has 0 unspecified atom stereocenters. The van der Waals surface area contributed by atoms with E-state index < -0.39 is 18.5 Å². The lowest BCUT2D eigenvalue weighted by Gasteiger charge is -2.07. The number of carbonyl (C=O) groups excluding carboxylic acids is 2. The number of halogens is 3. The Bertz CT molecular complexity index is 702. The predicted molar refractivity (Wildman–Crippen MR) is 84.6 cm³/mol. The minimum atomic E-state index is -0.711. The molecule has 0 atom stereocenters. The molecular weight excluding hydrogens is 351 g/mol. The van der Waals surface area contributed by atoms with Crippen LogP contribution in [0.4, 0.5) is 5.69 Å². The Morgan fingerprint density at radius 1 is 1.14 bits per heavy atom. The van der Waals surface area contributed by atoms with E-state index in [1.165, 1.54) is 24.4 Å². The Morgan fingerprint density at radius 2 is 1.82 bits per heavy atom. The number of carbonyl (C=O) groups is 2. The van der Waals surface area contributed by atoms with Gasteiger partial charge in [0, 0.05) is 16.2 Å². The summed E-state index contributed by atoms with van der Waals surface area (Å²) in [6, 6.07) is 7.46. The van der Waals surface area contributed by atoms with Crippen molar-refractivity contribution < 1.29 is 14.3 Å². The second-order valence-electron chi connectivity index (χ2n) is 4.12. The van der Waals surface area contributed by atoms with Crippen LogP contribution >= 0.6 is 34.8 Å². The van der Waals surface area contributed by atoms with Gasteiger partial charge in [-0.3, -0.25) is 4.79 Å². The van der Waals surface area contributed by atoms with Gasteiger partial charge in [0.25, 0.3) is 5.91 Å². The Hall–Kier alpha value is -1.82. The molecule has 2 rings (SSSR count). The zero-order valence-corrected chi connectivity index (χ0v) is 13.2. The number of anilines is 1. The average molecular weight is 360 g/mol. The standard InChI is InChI=1S/C14H9Cl3N2O3/c15-9-4-8(5-10(16)6-9)14(21)22-7-12(20)19-11-2-1-3-18-13(11)17/h1-6H,7H2,(H,19,20). The summed E-state index contributed by atoms with van der Waals surface area (Å²) in [5, 5.41) is 3.21. The molecule has 22 heavy (non-hydrogen) atoms. The molecule has 1 aromatic carbocycles. The summed E-state index contributed by atoms with van der Waals surface area (Å²) in [4.78, 5) is 27.3. The highest BCUT2D eigenvalue weighted by Gasteiger charge is 2.13. The number of rotatable bonds is 4. The Balaban J connectivity index is 1.93. The minimum Gasteiger partial charge on any atom is -0.452 e. The maximum Gasteiger partial charge on any atom is 0.338 e. The first kappa shape index (κ1) is 16.5. The summed E-state index contributed by atoms with van der Waals surface area (Å²) in [5.74, 6) is -1.26. The van der Waals surface area contributed by atoms with Gasteiger partial charge in [0.05, 0.1) is 11.3 Å². The summed E-state index contributed by atoms with van der Waals surface area (Å²) in [6.07, 6.45) is 1.49. The second kappa shape index (κ2) is 7.45. The molecule has 0 saturated carbocycles. The molecular formula is C14H9Cl3N2O3. The van der Waals surface area contributed by atoms with Crippen LogP contribution in [-0.4, -0.2) is 23.5 Å². The first-order valence-corrected chi connectivity index (χ1v) is 7.12. The van der Waals surface area contributed by atoms with Crippen molar-refractivity contribution in [2.75, 3.05) is 11.9 Å². The van der Waals surface area contributed by atoms with Gasteiger partial charge in [0.1, 0.15) is 0 Å². The fraction of sp³-hybridized carbons (Fsp3) is 0.0714. The molecule has 2 aromatic rings. The Labute approximate surface area is 141 Å². The van der Waals surface area contributed by atoms with Crippen molar-refractivity contribution in [1.82, 2.24) is 4.98 Å². The van der Waals surface area contributed by atoms with Crippen LogP contribution < -0.4 is 5.32 Å². The van der Waals surface area contributed by atoms with Crippen molar-refractivity contribution in [3.05, 3.63) is 57.3 Å². The SMILES string of the molecule is O=C(COC(=O)c1cc(Cl)cc(Cl)c1)Nc1cccnc1Cl. The fourth-order valence-electron chi connectivity index (χ4n) is 1.55. The Kier molecular flexibility index (Phi) is 5.60. The van der Waals surface area contributed by atoms with Crippen LogP contribution in [0.25, 0.3) is 0 Å². The topological polar surface area (TPSA) is 68.3 Å². The van der Waals surface area contributed by atoms with Crippen LogP contribution in [0.3, 0.4) is 0 Å². The summed E-state index contributed by atoms with van der Waals surface area (Å²) in [5.41, 5.74) is 0.487. The molecule has 0 saturated heterocycles. The lowest BCUT2D eigenvalue weighted by molar-refractivity contribution is -0.119. The molecule has 0 aliphatic carbocycles. The molecule has 1 heterocycles. The van der Waals surface area contributed by atoms with Crippen LogP contribution in [0.5, 0.6) is 0 Å². The first-order chi connectivity index (χ1) is 10.5. The lowest BCUT2D eigenvalue weighted by Crippen LogP contribution is -2.21. The number of benzene rings is 1. The third-order valence-electron chi connectivity index (χ3n) is 2.47. The normalized spacial score (nSPS) is 10.1. The van der Waals surface area contributed by atoms with Gasteiger partial charge in [-0.05, 0) is 30.3 Å². The zero-order valence-electron chi connectivity index (χ0n) is 11.0. The average Bonchev–Trinajstić information content (AvgIpc) is 2.46. The maximum absolute atomic E-state index is 11.8. The number of nitrogens with one attached hydrogen (secondary N) is 1. The number of hydrogen-bond donors (Lipinski definition) is 1. The van der Waals surface area contributed by atoms with Crippen LogP contribution in [0.15, 0.2) is 36.5 Å². The molecule has 0 spiro atoms. The summed E-state index contributed by atoms with van der Waals surface area (Å²) < 4.78 is 4.88. The van der Waals surface area contributed by atoms with Gasteiger partial charge in [-0.2, -0.15) is 0 Å². The van der Waals surface area contributed by atoms with E-state index in [0.717, 1.165) is 0 Å². The fourth-order valence-corrected chi connectivity index (χ4v) is 2.24. The molecule has 0 fully saturated rings. The number of ether oxygens (including phenoxy) is 1. The van der Waals surface area contributed by atoms with Crippen molar-refractivity contribution in [3.8, 4) is 0 Å². The molecule has 1 N–H and O–H groups in total. The summed E-state index contributed by atoms with van der Waals surface area (Å²) >= 11 is 17.4. The highest BCUT2D eigenvalue weighted by Crippen LogP contribution is 2.20. The van der Waals surface area contributed by atoms with E-state index in [1.807, 2.05) is 0 Å². The van der Waals surface area contributed by atoms with Crippen LogP contribution in [0.1, 0.15) is 10.4 Å². The lowest BCUT2D eigenvalue weighted by atomic mass is 10.2. The monoisotopic (exact) mass is 358 g/mol. The predicted octanol–water partition coefficient (Wildman–Crippen LogP) is 3.84. The van der Waals surface area contributed by atoms with E-state index in [0.29, 0.717) is 15.7 Å². The highest BCUT2D eigenvalue weighted by atomic mass is 35.5. The number of nitrogens with zero attached hydrogens (tertiary/aromatic N) is 1. The molecule has 0 aliphatic rings. The third-order valence-corrected chi connectivity index (χ3v) is 3.20. The number of esters is 1. The van der Waals surface area contributed by atoms with Gasteiger partial charge < -0.3 is 10.1 Å². The van der Waals surface area contributed by atoms with Gasteiger partial charge >= 0.3 is 5.97 Å². The van der Waals surface area contributed by atoms with E-state index in [-0.39, 0.29) is 10.7 Å².